The summed E-state index contributed by atoms with van der Waals surface area (Å²) in [5, 5.41) is 0. The maximum atomic E-state index is 13.2. The fourth-order valence-corrected chi connectivity index (χ4v) is 5.36. The molecule has 0 saturated heterocycles. The number of methoxy groups -OCH3 is 2. The third-order valence-electron chi connectivity index (χ3n) is 7.74. The maximum Gasteiger partial charge on any atom is 0.231 e. The smallest absolute Gasteiger partial charge is 0.231 e. The van der Waals surface area contributed by atoms with Gasteiger partial charge in [-0.1, -0.05) is 37.5 Å². The van der Waals surface area contributed by atoms with Crippen molar-refractivity contribution in [3.05, 3.63) is 120 Å². The van der Waals surface area contributed by atoms with Gasteiger partial charge in [0.2, 0.25) is 13.6 Å². The molecule has 0 aliphatic carbocycles. The van der Waals surface area contributed by atoms with Gasteiger partial charge in [0.1, 0.15) is 13.2 Å². The number of ketones is 2. The van der Waals surface area contributed by atoms with Crippen molar-refractivity contribution in [2.45, 2.75) is 0 Å². The summed E-state index contributed by atoms with van der Waals surface area (Å²) in [5.74, 6) is 3.40. The molecule has 0 saturated carbocycles. The second kappa shape index (κ2) is 15.2. The Morgan fingerprint density at radius 1 is 0.620 bits per heavy atom. The first-order chi connectivity index (χ1) is 24.4. The van der Waals surface area contributed by atoms with E-state index in [0.717, 1.165) is 0 Å². The number of rotatable bonds is 15. The number of fused-ring (bicyclic) bond motifs is 2. The molecule has 6 rings (SSSR count). The van der Waals surface area contributed by atoms with Gasteiger partial charge in [-0.15, -0.1) is 0 Å². The Kier molecular flexibility index (Phi) is 10.2. The Balaban J connectivity index is 1.42. The number of hydrogen-bond donors (Lipinski definition) is 0. The lowest BCUT2D eigenvalue weighted by atomic mass is 9.96. The SMILES string of the molecule is C=CCOc1c(OC)cc(/C=C/C(=O)c2ccc3c(c2)OCO3)cc1-c1cc(/C=C/C(=O)c2ccc3c(c2)OCO3)cc(OC)c1OCC=C. The van der Waals surface area contributed by atoms with Crippen LogP contribution >= 0.6 is 0 Å². The first-order valence-electron chi connectivity index (χ1n) is 15.6. The monoisotopic (exact) mass is 674 g/mol. The van der Waals surface area contributed by atoms with Crippen LogP contribution in [0.4, 0.5) is 0 Å². The standard InChI is InChI=1S/C40H34O10/c1-5-15-45-39-29(17-25(19-37(39)43-3)7-11-31(41)27-9-13-33-35(21-27)49-23-47-33)30-18-26(20-38(44-4)40(30)46-16-6-2)8-12-32(42)28-10-14-34-36(22-28)50-24-48-34/h5-14,17-22H,1-2,15-16,23-24H2,3-4H3/b11-7+,12-8+. The number of carbonyl (C=O) groups is 2. The van der Waals surface area contributed by atoms with Crippen molar-refractivity contribution < 1.29 is 47.5 Å². The molecule has 0 fully saturated rings. The van der Waals surface area contributed by atoms with Gasteiger partial charge in [0.25, 0.3) is 0 Å². The van der Waals surface area contributed by atoms with Crippen molar-refractivity contribution in [2.75, 3.05) is 41.0 Å². The molecular formula is C40H34O10. The first kappa shape index (κ1) is 33.5. The summed E-state index contributed by atoms with van der Waals surface area (Å²) in [6.45, 7) is 8.18. The molecule has 0 amide bonds. The summed E-state index contributed by atoms with van der Waals surface area (Å²) < 4.78 is 45.5. The lowest BCUT2D eigenvalue weighted by molar-refractivity contribution is 0.103. The molecule has 0 spiro atoms. The fourth-order valence-electron chi connectivity index (χ4n) is 5.36. The molecule has 0 radical (unpaired) electrons. The molecule has 2 heterocycles. The van der Waals surface area contributed by atoms with Gasteiger partial charge in [-0.25, -0.2) is 0 Å². The van der Waals surface area contributed by atoms with Crippen LogP contribution < -0.4 is 37.9 Å². The van der Waals surface area contributed by atoms with E-state index in [-0.39, 0.29) is 38.4 Å². The van der Waals surface area contributed by atoms with Gasteiger partial charge in [-0.05, 0) is 83.9 Å². The summed E-state index contributed by atoms with van der Waals surface area (Å²) in [6.07, 6.45) is 9.56. The highest BCUT2D eigenvalue weighted by atomic mass is 16.7. The number of benzene rings is 4. The van der Waals surface area contributed by atoms with E-state index in [1.165, 1.54) is 26.4 Å². The molecule has 0 atom stereocenters. The molecule has 0 unspecified atom stereocenters. The molecule has 50 heavy (non-hydrogen) atoms. The lowest BCUT2D eigenvalue weighted by Gasteiger charge is -2.20. The average Bonchev–Trinajstić information content (AvgIpc) is 3.83. The zero-order chi connectivity index (χ0) is 35.0. The zero-order valence-corrected chi connectivity index (χ0v) is 27.6. The van der Waals surface area contributed by atoms with Gasteiger partial charge >= 0.3 is 0 Å². The van der Waals surface area contributed by atoms with Crippen molar-refractivity contribution in [3.8, 4) is 57.1 Å². The Hall–Kier alpha value is -6.42. The van der Waals surface area contributed by atoms with E-state index in [4.69, 9.17) is 37.9 Å². The van der Waals surface area contributed by atoms with Gasteiger partial charge in [-0.3, -0.25) is 9.59 Å². The summed E-state index contributed by atoms with van der Waals surface area (Å²) >= 11 is 0. The van der Waals surface area contributed by atoms with Crippen molar-refractivity contribution in [3.63, 3.8) is 0 Å². The highest BCUT2D eigenvalue weighted by molar-refractivity contribution is 6.08. The Labute approximate surface area is 289 Å². The van der Waals surface area contributed by atoms with Crippen LogP contribution in [0.5, 0.6) is 46.0 Å². The third kappa shape index (κ3) is 7.19. The summed E-state index contributed by atoms with van der Waals surface area (Å²) in [4.78, 5) is 26.4. The van der Waals surface area contributed by atoms with E-state index < -0.39 is 0 Å². The number of ether oxygens (including phenoxy) is 8. The summed E-state index contributed by atoms with van der Waals surface area (Å²) in [6, 6.07) is 17.3. The third-order valence-corrected chi connectivity index (χ3v) is 7.74. The first-order valence-corrected chi connectivity index (χ1v) is 15.6. The van der Waals surface area contributed by atoms with Gasteiger partial charge in [0, 0.05) is 22.3 Å². The van der Waals surface area contributed by atoms with Crippen LogP contribution in [-0.2, 0) is 0 Å². The minimum absolute atomic E-state index is 0.113. The van der Waals surface area contributed by atoms with Gasteiger partial charge in [-0.2, -0.15) is 0 Å². The van der Waals surface area contributed by atoms with E-state index in [9.17, 15) is 9.59 Å². The Morgan fingerprint density at radius 3 is 1.44 bits per heavy atom. The van der Waals surface area contributed by atoms with Crippen LogP contribution in [0.3, 0.4) is 0 Å². The normalized spacial score (nSPS) is 12.6. The largest absolute Gasteiger partial charge is 0.493 e. The topological polar surface area (TPSA) is 108 Å². The Morgan fingerprint density at radius 2 is 1.04 bits per heavy atom. The van der Waals surface area contributed by atoms with Crippen LogP contribution in [0.25, 0.3) is 23.3 Å². The number of allylic oxidation sites excluding steroid dienone is 2. The molecule has 10 heteroatoms. The van der Waals surface area contributed by atoms with Crippen LogP contribution in [0.2, 0.25) is 0 Å². The Bertz CT molecular complexity index is 1880. The molecule has 2 aliphatic rings. The average molecular weight is 675 g/mol. The molecule has 0 N–H and O–H groups in total. The van der Waals surface area contributed by atoms with Crippen LogP contribution in [0, 0.1) is 0 Å². The molecular weight excluding hydrogens is 640 g/mol. The van der Waals surface area contributed by atoms with E-state index in [1.54, 1.807) is 72.8 Å². The molecule has 2 aliphatic heterocycles. The highest BCUT2D eigenvalue weighted by Crippen LogP contribution is 2.47. The maximum absolute atomic E-state index is 13.2. The summed E-state index contributed by atoms with van der Waals surface area (Å²) in [7, 11) is 3.06. The van der Waals surface area contributed by atoms with Gasteiger partial charge in [0.05, 0.1) is 14.2 Å². The molecule has 0 aromatic heterocycles. The molecule has 0 bridgehead atoms. The van der Waals surface area contributed by atoms with Crippen molar-refractivity contribution in [2.24, 2.45) is 0 Å². The lowest BCUT2D eigenvalue weighted by Crippen LogP contribution is -2.03. The number of carbonyl (C=O) groups excluding carboxylic acids is 2. The van der Waals surface area contributed by atoms with Gasteiger partial charge < -0.3 is 37.9 Å². The minimum Gasteiger partial charge on any atom is -0.493 e. The predicted octanol–water partition coefficient (Wildman–Crippen LogP) is 7.75. The van der Waals surface area contributed by atoms with Crippen LogP contribution in [-0.4, -0.2) is 52.6 Å². The molecule has 10 nitrogen and oxygen atoms in total. The predicted molar refractivity (Wildman–Crippen MR) is 188 cm³/mol. The minimum atomic E-state index is -0.230. The molecule has 254 valence electrons. The van der Waals surface area contributed by atoms with Crippen LogP contribution in [0.1, 0.15) is 31.8 Å². The van der Waals surface area contributed by atoms with E-state index in [0.29, 0.717) is 79.4 Å². The zero-order valence-electron chi connectivity index (χ0n) is 27.6. The second-order valence-corrected chi connectivity index (χ2v) is 10.9. The van der Waals surface area contributed by atoms with E-state index in [1.807, 2.05) is 12.1 Å². The molecule has 4 aromatic rings. The van der Waals surface area contributed by atoms with Gasteiger partial charge in [0.15, 0.2) is 57.6 Å². The van der Waals surface area contributed by atoms with E-state index in [2.05, 4.69) is 13.2 Å². The fraction of sp³-hybridized carbons (Fsp3) is 0.150. The van der Waals surface area contributed by atoms with E-state index >= 15 is 0 Å². The second-order valence-electron chi connectivity index (χ2n) is 10.9. The number of hydrogen-bond acceptors (Lipinski definition) is 10. The highest BCUT2D eigenvalue weighted by Gasteiger charge is 2.22. The van der Waals surface area contributed by atoms with Crippen LogP contribution in [0.15, 0.2) is 98.1 Å². The van der Waals surface area contributed by atoms with Crippen molar-refractivity contribution >= 4 is 23.7 Å². The van der Waals surface area contributed by atoms with Crippen molar-refractivity contribution in [1.82, 2.24) is 0 Å². The summed E-state index contributed by atoms with van der Waals surface area (Å²) in [5.41, 5.74) is 3.34. The van der Waals surface area contributed by atoms with Crippen molar-refractivity contribution in [1.29, 1.82) is 0 Å². The quantitative estimate of drug-likeness (QED) is 0.0706. The molecule has 4 aromatic carbocycles.